The fourth-order valence-electron chi connectivity index (χ4n) is 4.64. The molecule has 0 atom stereocenters. The molecule has 0 saturated heterocycles. The van der Waals surface area contributed by atoms with Gasteiger partial charge in [-0.25, -0.2) is 0 Å². The van der Waals surface area contributed by atoms with Gasteiger partial charge in [0.05, 0.1) is 16.4 Å². The largest absolute Gasteiger partial charge is 0.455 e. The summed E-state index contributed by atoms with van der Waals surface area (Å²) < 4.78 is 8.67. The Hall–Kier alpha value is -3.52. The molecule has 0 unspecified atom stereocenters. The Morgan fingerprint density at radius 3 is 2.42 bits per heavy atom. The van der Waals surface area contributed by atoms with Crippen LogP contribution in [-0.2, 0) is 0 Å². The van der Waals surface area contributed by atoms with Gasteiger partial charge in [-0.1, -0.05) is 54.6 Å². The number of furan rings is 1. The first-order valence-electron chi connectivity index (χ1n) is 8.88. The number of aromatic nitrogens is 1. The van der Waals surface area contributed by atoms with Gasteiger partial charge >= 0.3 is 0 Å². The van der Waals surface area contributed by atoms with Crippen molar-refractivity contribution in [2.75, 3.05) is 0 Å². The molecule has 7 rings (SSSR count). The van der Waals surface area contributed by atoms with E-state index in [0.717, 1.165) is 11.2 Å². The summed E-state index contributed by atoms with van der Waals surface area (Å²) in [6.07, 6.45) is 2.19. The number of benzene rings is 4. The molecule has 4 aromatic carbocycles. The zero-order valence-corrected chi connectivity index (χ0v) is 13.9. The van der Waals surface area contributed by atoms with Crippen molar-refractivity contribution >= 4 is 59.9 Å². The third kappa shape index (κ3) is 1.33. The predicted octanol–water partition coefficient (Wildman–Crippen LogP) is 6.74. The van der Waals surface area contributed by atoms with Gasteiger partial charge in [-0.15, -0.1) is 0 Å². The number of para-hydroxylation sites is 1. The fourth-order valence-corrected chi connectivity index (χ4v) is 4.64. The Balaban J connectivity index is 1.88. The quantitative estimate of drug-likeness (QED) is 0.301. The van der Waals surface area contributed by atoms with Crippen LogP contribution in [0, 0.1) is 0 Å². The van der Waals surface area contributed by atoms with Crippen molar-refractivity contribution in [3.63, 3.8) is 0 Å². The van der Waals surface area contributed by atoms with Crippen LogP contribution in [0.25, 0.3) is 59.9 Å². The normalized spacial score (nSPS) is 12.6. The minimum atomic E-state index is 0.951. The second-order valence-electron chi connectivity index (χ2n) is 7.03. The summed E-state index contributed by atoms with van der Waals surface area (Å²) in [4.78, 5) is 0. The van der Waals surface area contributed by atoms with Crippen LogP contribution in [-0.4, -0.2) is 4.40 Å². The molecular formula is C24H13NO. The molecule has 2 nitrogen and oxygen atoms in total. The molecule has 26 heavy (non-hydrogen) atoms. The lowest BCUT2D eigenvalue weighted by Crippen LogP contribution is -1.79. The molecule has 0 aliphatic carbocycles. The van der Waals surface area contributed by atoms with Gasteiger partial charge in [0.2, 0.25) is 0 Å². The van der Waals surface area contributed by atoms with E-state index in [-0.39, 0.29) is 0 Å². The Morgan fingerprint density at radius 2 is 1.46 bits per heavy atom. The van der Waals surface area contributed by atoms with Crippen molar-refractivity contribution in [1.29, 1.82) is 0 Å². The van der Waals surface area contributed by atoms with Gasteiger partial charge in [-0.2, -0.15) is 0 Å². The summed E-state index contributed by atoms with van der Waals surface area (Å²) in [6.45, 7) is 0. The number of fused-ring (bicyclic) bond motifs is 9. The van der Waals surface area contributed by atoms with Gasteiger partial charge in [0.15, 0.2) is 0 Å². The first-order chi connectivity index (χ1) is 12.9. The highest BCUT2D eigenvalue weighted by Gasteiger charge is 2.20. The lowest BCUT2D eigenvalue weighted by Gasteiger charge is -2.00. The van der Waals surface area contributed by atoms with E-state index in [1.54, 1.807) is 0 Å². The monoisotopic (exact) mass is 331 g/mol. The SMILES string of the molecule is c1ccc2c(c1)ccc1c3c4oc5ccccc5c4cc4ccn(c21)c43. The lowest BCUT2D eigenvalue weighted by molar-refractivity contribution is 0.673. The topological polar surface area (TPSA) is 17.6 Å². The molecule has 0 radical (unpaired) electrons. The van der Waals surface area contributed by atoms with Crippen LogP contribution in [0.5, 0.6) is 0 Å². The average Bonchev–Trinajstić information content (AvgIpc) is 3.36. The van der Waals surface area contributed by atoms with E-state index in [0.29, 0.717) is 0 Å². The smallest absolute Gasteiger partial charge is 0.145 e. The van der Waals surface area contributed by atoms with Crippen molar-refractivity contribution in [3.8, 4) is 0 Å². The number of nitrogens with zero attached hydrogens (tertiary/aromatic N) is 1. The van der Waals surface area contributed by atoms with Crippen molar-refractivity contribution < 1.29 is 4.42 Å². The van der Waals surface area contributed by atoms with Crippen LogP contribution in [0.3, 0.4) is 0 Å². The molecule has 0 aliphatic heterocycles. The van der Waals surface area contributed by atoms with Crippen molar-refractivity contribution in [3.05, 3.63) is 79.0 Å². The van der Waals surface area contributed by atoms with E-state index in [1.165, 1.54) is 48.7 Å². The maximum atomic E-state index is 6.34. The van der Waals surface area contributed by atoms with Crippen LogP contribution in [0.2, 0.25) is 0 Å². The molecule has 3 heterocycles. The standard InChI is InChI=1S/C24H13NO/c1-2-6-16-14(5-1)9-10-18-21-22-15(11-12-25(22)23(16)18)13-19-17-7-3-4-8-20(17)26-24(19)21/h1-13H. The average molecular weight is 331 g/mol. The molecule has 0 fully saturated rings. The molecule has 0 spiro atoms. The van der Waals surface area contributed by atoms with Crippen molar-refractivity contribution in [2.45, 2.75) is 0 Å². The van der Waals surface area contributed by atoms with E-state index in [4.69, 9.17) is 4.42 Å². The van der Waals surface area contributed by atoms with Gasteiger partial charge in [0, 0.05) is 33.1 Å². The van der Waals surface area contributed by atoms with Gasteiger partial charge in [-0.3, -0.25) is 0 Å². The van der Waals surface area contributed by atoms with E-state index in [2.05, 4.69) is 77.3 Å². The fraction of sp³-hybridized carbons (Fsp3) is 0. The van der Waals surface area contributed by atoms with Crippen LogP contribution in [0.15, 0.2) is 83.4 Å². The molecule has 2 heteroatoms. The summed E-state index contributed by atoms with van der Waals surface area (Å²) in [5.74, 6) is 0. The highest BCUT2D eigenvalue weighted by atomic mass is 16.3. The highest BCUT2D eigenvalue weighted by molar-refractivity contribution is 6.30. The van der Waals surface area contributed by atoms with Gasteiger partial charge in [0.1, 0.15) is 11.2 Å². The van der Waals surface area contributed by atoms with Crippen LogP contribution < -0.4 is 0 Å². The summed E-state index contributed by atoms with van der Waals surface area (Å²) >= 11 is 0. The molecule has 0 bridgehead atoms. The minimum Gasteiger partial charge on any atom is -0.455 e. The number of rotatable bonds is 0. The minimum absolute atomic E-state index is 0.951. The summed E-state index contributed by atoms with van der Waals surface area (Å²) in [7, 11) is 0. The number of hydrogen-bond acceptors (Lipinski definition) is 1. The molecule has 3 aromatic heterocycles. The second-order valence-corrected chi connectivity index (χ2v) is 7.03. The van der Waals surface area contributed by atoms with Crippen LogP contribution >= 0.6 is 0 Å². The van der Waals surface area contributed by atoms with Gasteiger partial charge in [-0.05, 0) is 23.6 Å². The van der Waals surface area contributed by atoms with E-state index in [9.17, 15) is 0 Å². The van der Waals surface area contributed by atoms with E-state index >= 15 is 0 Å². The van der Waals surface area contributed by atoms with Crippen molar-refractivity contribution in [1.82, 2.24) is 4.40 Å². The first kappa shape index (κ1) is 12.8. The second kappa shape index (κ2) is 4.17. The van der Waals surface area contributed by atoms with Gasteiger partial charge < -0.3 is 8.82 Å². The van der Waals surface area contributed by atoms with Crippen molar-refractivity contribution in [2.24, 2.45) is 0 Å². The third-order valence-corrected chi connectivity index (χ3v) is 5.73. The Bertz CT molecular complexity index is 1630. The molecule has 0 amide bonds. The Morgan fingerprint density at radius 1 is 0.615 bits per heavy atom. The van der Waals surface area contributed by atoms with E-state index < -0.39 is 0 Å². The summed E-state index contributed by atoms with van der Waals surface area (Å²) in [5, 5.41) is 8.67. The first-order valence-corrected chi connectivity index (χ1v) is 8.88. The zero-order valence-electron chi connectivity index (χ0n) is 13.9. The molecular weight excluding hydrogens is 318 g/mol. The summed E-state index contributed by atoms with van der Waals surface area (Å²) in [5.41, 5.74) is 4.46. The molecule has 0 saturated carbocycles. The van der Waals surface area contributed by atoms with Crippen LogP contribution in [0.4, 0.5) is 0 Å². The molecule has 120 valence electrons. The third-order valence-electron chi connectivity index (χ3n) is 5.73. The van der Waals surface area contributed by atoms with Gasteiger partial charge in [0.25, 0.3) is 0 Å². The highest BCUT2D eigenvalue weighted by Crippen LogP contribution is 2.43. The lowest BCUT2D eigenvalue weighted by atomic mass is 10.0. The molecule has 0 N–H and O–H groups in total. The Kier molecular flexibility index (Phi) is 2.05. The maximum Gasteiger partial charge on any atom is 0.145 e. The maximum absolute atomic E-state index is 6.34. The zero-order chi connectivity index (χ0) is 16.8. The Labute approximate surface area is 148 Å². The van der Waals surface area contributed by atoms with E-state index in [1.807, 2.05) is 6.07 Å². The van der Waals surface area contributed by atoms with Crippen LogP contribution in [0.1, 0.15) is 0 Å². The predicted molar refractivity (Wildman–Crippen MR) is 108 cm³/mol. The summed E-state index contributed by atoms with van der Waals surface area (Å²) in [6, 6.07) is 25.8. The number of hydrogen-bond donors (Lipinski definition) is 0. The molecule has 0 aliphatic rings. The molecule has 7 aromatic rings.